The lowest BCUT2D eigenvalue weighted by Crippen LogP contribution is -1.99. The second-order valence-corrected chi connectivity index (χ2v) is 3.45. The molecule has 0 rings (SSSR count). The quantitative estimate of drug-likeness (QED) is 0.612. The van der Waals surface area contributed by atoms with E-state index in [1.165, 1.54) is 12.5 Å². The van der Waals surface area contributed by atoms with Gasteiger partial charge in [-0.05, 0) is 0 Å². The third kappa shape index (κ3) is 5.04. The molecular weight excluding hydrogens is 184 g/mol. The van der Waals surface area contributed by atoms with Crippen molar-refractivity contribution in [1.29, 1.82) is 0 Å². The average molecular weight is 190 g/mol. The first kappa shape index (κ1) is 9.57. The zero-order valence-corrected chi connectivity index (χ0v) is 7.31. The Bertz CT molecular complexity index is 137. The Labute approximate surface area is 63.0 Å². The van der Waals surface area contributed by atoms with Gasteiger partial charge in [-0.25, -0.2) is 0 Å². The second-order valence-electron chi connectivity index (χ2n) is 0.878. The summed E-state index contributed by atoms with van der Waals surface area (Å²) in [6.07, 6.45) is 2.97. The van der Waals surface area contributed by atoms with Crippen molar-refractivity contribution in [3.05, 3.63) is 0 Å². The van der Waals surface area contributed by atoms with Crippen LogP contribution in [0.5, 0.6) is 0 Å². The Morgan fingerprint density at radius 3 is 1.67 bits per heavy atom. The third-order valence-corrected chi connectivity index (χ3v) is 2.72. The summed E-state index contributed by atoms with van der Waals surface area (Å²) in [5.41, 5.74) is 0. The van der Waals surface area contributed by atoms with Crippen LogP contribution in [0.15, 0.2) is 0 Å². The van der Waals surface area contributed by atoms with Crippen LogP contribution >= 0.6 is 24.1 Å². The van der Waals surface area contributed by atoms with Crippen LogP contribution in [0.1, 0.15) is 0 Å². The SMILES string of the molecule is CSOS(=O)(=O)OSC. The lowest BCUT2D eigenvalue weighted by molar-refractivity contribution is 0.439. The Morgan fingerprint density at radius 2 is 1.44 bits per heavy atom. The highest BCUT2D eigenvalue weighted by Crippen LogP contribution is 2.10. The molecule has 0 aromatic carbocycles. The largest absolute Gasteiger partial charge is 0.421 e. The van der Waals surface area contributed by atoms with Crippen molar-refractivity contribution in [2.45, 2.75) is 0 Å². The standard InChI is InChI=1S/C2H6O4S3/c1-7-5-9(3,4)6-8-2/h1-2H3. The minimum atomic E-state index is -3.76. The van der Waals surface area contributed by atoms with Crippen molar-refractivity contribution in [3.63, 3.8) is 0 Å². The number of rotatable bonds is 4. The molecule has 0 aliphatic rings. The summed E-state index contributed by atoms with van der Waals surface area (Å²) in [5.74, 6) is 0. The highest BCUT2D eigenvalue weighted by Gasteiger charge is 2.09. The fourth-order valence-electron chi connectivity index (χ4n) is 0.178. The van der Waals surface area contributed by atoms with Crippen molar-refractivity contribution in [1.82, 2.24) is 0 Å². The van der Waals surface area contributed by atoms with E-state index in [1.807, 2.05) is 0 Å². The van der Waals surface area contributed by atoms with E-state index in [4.69, 9.17) is 0 Å². The monoisotopic (exact) mass is 190 g/mol. The van der Waals surface area contributed by atoms with Gasteiger partial charge in [0.2, 0.25) is 0 Å². The third-order valence-electron chi connectivity index (χ3n) is 0.303. The van der Waals surface area contributed by atoms with Crippen molar-refractivity contribution in [2.24, 2.45) is 0 Å². The summed E-state index contributed by atoms with van der Waals surface area (Å²) in [7, 11) is -3.76. The molecule has 4 nitrogen and oxygen atoms in total. The predicted octanol–water partition coefficient (Wildman–Crippen LogP) is 0.820. The zero-order valence-electron chi connectivity index (χ0n) is 4.86. The Kier molecular flexibility index (Phi) is 4.67. The van der Waals surface area contributed by atoms with E-state index < -0.39 is 10.4 Å². The van der Waals surface area contributed by atoms with E-state index in [2.05, 4.69) is 7.26 Å². The molecule has 9 heavy (non-hydrogen) atoms. The highest BCUT2D eigenvalue weighted by atomic mass is 32.3. The van der Waals surface area contributed by atoms with Crippen LogP contribution in [0.2, 0.25) is 0 Å². The molecule has 0 atom stereocenters. The predicted molar refractivity (Wildman–Crippen MR) is 38.1 cm³/mol. The van der Waals surface area contributed by atoms with E-state index in [0.717, 1.165) is 24.1 Å². The van der Waals surface area contributed by atoms with E-state index in [-0.39, 0.29) is 0 Å². The summed E-state index contributed by atoms with van der Waals surface area (Å²) in [6.45, 7) is 0. The van der Waals surface area contributed by atoms with Crippen molar-refractivity contribution >= 4 is 34.5 Å². The van der Waals surface area contributed by atoms with Gasteiger partial charge in [-0.15, -0.1) is 0 Å². The maximum absolute atomic E-state index is 10.3. The van der Waals surface area contributed by atoms with Gasteiger partial charge in [0.1, 0.15) is 0 Å². The molecule has 0 bridgehead atoms. The smallest absolute Gasteiger partial charge is 0.175 e. The molecule has 56 valence electrons. The van der Waals surface area contributed by atoms with E-state index >= 15 is 0 Å². The Morgan fingerprint density at radius 1 is 1.11 bits per heavy atom. The van der Waals surface area contributed by atoms with Crippen molar-refractivity contribution < 1.29 is 15.7 Å². The van der Waals surface area contributed by atoms with Crippen LogP contribution in [-0.2, 0) is 17.7 Å². The van der Waals surface area contributed by atoms with E-state index in [9.17, 15) is 8.42 Å². The van der Waals surface area contributed by atoms with Gasteiger partial charge in [-0.1, -0.05) is 0 Å². The molecular formula is C2H6O4S3. The van der Waals surface area contributed by atoms with Gasteiger partial charge in [0, 0.05) is 36.6 Å². The first-order chi connectivity index (χ1) is 4.12. The van der Waals surface area contributed by atoms with Gasteiger partial charge >= 0.3 is 10.4 Å². The maximum Gasteiger partial charge on any atom is 0.421 e. The summed E-state index contributed by atoms with van der Waals surface area (Å²) in [4.78, 5) is 0. The molecule has 0 saturated heterocycles. The van der Waals surface area contributed by atoms with Crippen LogP contribution in [0.3, 0.4) is 0 Å². The first-order valence-electron chi connectivity index (χ1n) is 1.82. The number of hydrogen-bond donors (Lipinski definition) is 0. The molecule has 0 aliphatic carbocycles. The van der Waals surface area contributed by atoms with Gasteiger partial charge in [-0.2, -0.15) is 15.7 Å². The van der Waals surface area contributed by atoms with Crippen LogP contribution < -0.4 is 0 Å². The molecule has 0 amide bonds. The average Bonchev–Trinajstić information content (AvgIpc) is 1.64. The van der Waals surface area contributed by atoms with Crippen LogP contribution in [0.25, 0.3) is 0 Å². The van der Waals surface area contributed by atoms with Crippen LogP contribution in [0.4, 0.5) is 0 Å². The first-order valence-corrected chi connectivity index (χ1v) is 5.45. The van der Waals surface area contributed by atoms with Crippen molar-refractivity contribution in [2.75, 3.05) is 12.5 Å². The van der Waals surface area contributed by atoms with Gasteiger partial charge in [0.25, 0.3) is 0 Å². The summed E-state index contributed by atoms with van der Waals surface area (Å²) < 4.78 is 28.9. The molecule has 0 aromatic heterocycles. The highest BCUT2D eigenvalue weighted by molar-refractivity contribution is 8.07. The van der Waals surface area contributed by atoms with E-state index in [1.54, 1.807) is 0 Å². The second kappa shape index (κ2) is 4.40. The molecule has 0 fully saturated rings. The zero-order chi connectivity index (χ0) is 7.33. The Hall–Kier alpha value is 0.570. The summed E-state index contributed by atoms with van der Waals surface area (Å²) >= 11 is 1.44. The molecule has 0 aliphatic heterocycles. The normalized spacial score (nSPS) is 11.8. The minimum Gasteiger partial charge on any atom is -0.175 e. The lowest BCUT2D eigenvalue weighted by atomic mass is 12.0. The van der Waals surface area contributed by atoms with Crippen LogP contribution in [-0.4, -0.2) is 20.9 Å². The summed E-state index contributed by atoms with van der Waals surface area (Å²) in [5, 5.41) is 0. The van der Waals surface area contributed by atoms with Gasteiger partial charge in [-0.3, -0.25) is 0 Å². The summed E-state index contributed by atoms with van der Waals surface area (Å²) in [6, 6.07) is 0. The molecule has 0 spiro atoms. The molecule has 0 heterocycles. The van der Waals surface area contributed by atoms with Gasteiger partial charge < -0.3 is 0 Å². The molecule has 0 N–H and O–H groups in total. The van der Waals surface area contributed by atoms with Gasteiger partial charge in [0.05, 0.1) is 0 Å². The topological polar surface area (TPSA) is 52.6 Å². The molecule has 0 aromatic rings. The van der Waals surface area contributed by atoms with E-state index in [0.29, 0.717) is 0 Å². The fourth-order valence-corrected chi connectivity index (χ4v) is 1.81. The fraction of sp³-hybridized carbons (Fsp3) is 1.00. The van der Waals surface area contributed by atoms with Crippen molar-refractivity contribution in [3.8, 4) is 0 Å². The van der Waals surface area contributed by atoms with Gasteiger partial charge in [0.15, 0.2) is 0 Å². The molecule has 0 saturated carbocycles. The van der Waals surface area contributed by atoms with Crippen LogP contribution in [0, 0.1) is 0 Å². The molecule has 0 unspecified atom stereocenters. The Balaban J connectivity index is 3.73. The lowest BCUT2D eigenvalue weighted by Gasteiger charge is -1.96. The maximum atomic E-state index is 10.3. The minimum absolute atomic E-state index is 0.722. The number of hydrogen-bond acceptors (Lipinski definition) is 6. The molecule has 7 heteroatoms. The molecule has 0 radical (unpaired) electrons.